The summed E-state index contributed by atoms with van der Waals surface area (Å²) in [5.41, 5.74) is 5.96. The Morgan fingerprint density at radius 2 is 1.71 bits per heavy atom. The summed E-state index contributed by atoms with van der Waals surface area (Å²) < 4.78 is 31.4. The van der Waals surface area contributed by atoms with Gasteiger partial charge in [0, 0.05) is 6.07 Å². The van der Waals surface area contributed by atoms with Gasteiger partial charge in [0.05, 0.1) is 17.9 Å². The molecule has 0 aromatic heterocycles. The zero-order chi connectivity index (χ0) is 15.4. The fourth-order valence-corrected chi connectivity index (χ4v) is 1.69. The van der Waals surface area contributed by atoms with Crippen LogP contribution in [0.5, 0.6) is 0 Å². The molecule has 0 amide bonds. The molecular formula is C15H13F2NO3. The van der Waals surface area contributed by atoms with Gasteiger partial charge in [-0.1, -0.05) is 24.3 Å². The van der Waals surface area contributed by atoms with E-state index < -0.39 is 23.2 Å². The molecular weight excluding hydrogens is 280 g/mol. The Morgan fingerprint density at radius 1 is 1.10 bits per heavy atom. The molecule has 3 N–H and O–H groups in total. The SMILES string of the molecule is Nc1cc(C(=O)OCc2ccc(CO)cc2)c(F)cc1F. The van der Waals surface area contributed by atoms with E-state index in [9.17, 15) is 13.6 Å². The molecule has 0 bridgehead atoms. The van der Waals surface area contributed by atoms with Crippen molar-refractivity contribution in [1.29, 1.82) is 0 Å². The highest BCUT2D eigenvalue weighted by atomic mass is 19.1. The molecule has 0 unspecified atom stereocenters. The van der Waals surface area contributed by atoms with Gasteiger partial charge in [-0.15, -0.1) is 0 Å². The smallest absolute Gasteiger partial charge is 0.341 e. The van der Waals surface area contributed by atoms with Crippen molar-refractivity contribution < 1.29 is 23.4 Å². The van der Waals surface area contributed by atoms with E-state index >= 15 is 0 Å². The van der Waals surface area contributed by atoms with Gasteiger partial charge in [-0.05, 0) is 17.2 Å². The van der Waals surface area contributed by atoms with Gasteiger partial charge in [0.2, 0.25) is 0 Å². The lowest BCUT2D eigenvalue weighted by Crippen LogP contribution is -2.09. The number of aliphatic hydroxyl groups is 1. The number of hydrogen-bond donors (Lipinski definition) is 2. The van der Waals surface area contributed by atoms with Crippen LogP contribution in [-0.4, -0.2) is 11.1 Å². The molecule has 2 aromatic rings. The van der Waals surface area contributed by atoms with Gasteiger partial charge in [-0.3, -0.25) is 0 Å². The van der Waals surface area contributed by atoms with E-state index in [0.717, 1.165) is 11.6 Å². The molecule has 0 spiro atoms. The van der Waals surface area contributed by atoms with Crippen molar-refractivity contribution >= 4 is 11.7 Å². The summed E-state index contributed by atoms with van der Waals surface area (Å²) in [5.74, 6) is -2.88. The van der Waals surface area contributed by atoms with Crippen LogP contribution in [0.3, 0.4) is 0 Å². The number of nitrogens with two attached hydrogens (primary N) is 1. The highest BCUT2D eigenvalue weighted by molar-refractivity contribution is 5.90. The Labute approximate surface area is 119 Å². The van der Waals surface area contributed by atoms with Crippen LogP contribution < -0.4 is 5.73 Å². The topological polar surface area (TPSA) is 72.6 Å². The van der Waals surface area contributed by atoms with E-state index in [-0.39, 0.29) is 18.9 Å². The summed E-state index contributed by atoms with van der Waals surface area (Å²) in [4.78, 5) is 11.7. The molecule has 0 radical (unpaired) electrons. The molecule has 0 aliphatic rings. The third-order valence-electron chi connectivity index (χ3n) is 2.88. The second-order valence-electron chi connectivity index (χ2n) is 4.40. The number of nitrogen functional groups attached to an aromatic ring is 1. The minimum atomic E-state index is -1.03. The fraction of sp³-hybridized carbons (Fsp3) is 0.133. The van der Waals surface area contributed by atoms with Gasteiger partial charge in [0.1, 0.15) is 18.2 Å². The summed E-state index contributed by atoms with van der Waals surface area (Å²) in [6.07, 6.45) is 0. The van der Waals surface area contributed by atoms with Crippen LogP contribution in [0.1, 0.15) is 21.5 Å². The van der Waals surface area contributed by atoms with E-state index in [1.165, 1.54) is 0 Å². The van der Waals surface area contributed by atoms with E-state index in [0.29, 0.717) is 11.6 Å². The summed E-state index contributed by atoms with van der Waals surface area (Å²) >= 11 is 0. The number of ether oxygens (including phenoxy) is 1. The highest BCUT2D eigenvalue weighted by Gasteiger charge is 2.16. The summed E-state index contributed by atoms with van der Waals surface area (Å²) in [6.45, 7) is -0.151. The first kappa shape index (κ1) is 14.9. The van der Waals surface area contributed by atoms with Crippen LogP contribution in [0.25, 0.3) is 0 Å². The van der Waals surface area contributed by atoms with E-state index in [4.69, 9.17) is 15.6 Å². The third kappa shape index (κ3) is 3.55. The average Bonchev–Trinajstić information content (AvgIpc) is 2.49. The van der Waals surface area contributed by atoms with Crippen molar-refractivity contribution in [1.82, 2.24) is 0 Å². The van der Waals surface area contributed by atoms with E-state index in [2.05, 4.69) is 0 Å². The molecule has 6 heteroatoms. The van der Waals surface area contributed by atoms with Crippen LogP contribution in [0.4, 0.5) is 14.5 Å². The number of rotatable bonds is 4. The molecule has 110 valence electrons. The summed E-state index contributed by atoms with van der Waals surface area (Å²) in [6, 6.07) is 8.16. The monoisotopic (exact) mass is 293 g/mol. The maximum absolute atomic E-state index is 13.5. The van der Waals surface area contributed by atoms with Gasteiger partial charge < -0.3 is 15.6 Å². The lowest BCUT2D eigenvalue weighted by atomic mass is 10.1. The predicted molar refractivity (Wildman–Crippen MR) is 72.3 cm³/mol. The maximum atomic E-state index is 13.5. The van der Waals surface area contributed by atoms with Crippen LogP contribution in [0.15, 0.2) is 36.4 Å². The molecule has 0 heterocycles. The van der Waals surface area contributed by atoms with Gasteiger partial charge in [0.25, 0.3) is 0 Å². The first-order valence-electron chi connectivity index (χ1n) is 6.11. The van der Waals surface area contributed by atoms with E-state index in [1.807, 2.05) is 0 Å². The molecule has 0 fully saturated rings. The molecule has 0 aliphatic carbocycles. The normalized spacial score (nSPS) is 10.4. The standard InChI is InChI=1S/C15H13F2NO3/c16-12-6-13(17)14(18)5-11(12)15(20)21-8-10-3-1-9(7-19)2-4-10/h1-6,19H,7-8,18H2. The second kappa shape index (κ2) is 6.32. The minimum absolute atomic E-state index is 0.0682. The van der Waals surface area contributed by atoms with Crippen molar-refractivity contribution in [3.63, 3.8) is 0 Å². The number of esters is 1. The number of halogens is 2. The predicted octanol–water partition coefficient (Wildman–Crippen LogP) is 2.40. The molecule has 4 nitrogen and oxygen atoms in total. The molecule has 0 atom stereocenters. The number of anilines is 1. The Hall–Kier alpha value is -2.47. The first-order chi connectivity index (χ1) is 10.0. The van der Waals surface area contributed by atoms with Crippen molar-refractivity contribution in [3.05, 3.63) is 64.7 Å². The molecule has 2 aromatic carbocycles. The zero-order valence-electron chi connectivity index (χ0n) is 11.0. The van der Waals surface area contributed by atoms with Crippen LogP contribution in [0, 0.1) is 11.6 Å². The Morgan fingerprint density at radius 3 is 2.33 bits per heavy atom. The lowest BCUT2D eigenvalue weighted by molar-refractivity contribution is 0.0467. The van der Waals surface area contributed by atoms with Crippen LogP contribution in [-0.2, 0) is 18.0 Å². The number of benzene rings is 2. The fourth-order valence-electron chi connectivity index (χ4n) is 1.69. The number of carbonyl (C=O) groups is 1. The number of carbonyl (C=O) groups excluding carboxylic acids is 1. The Kier molecular flexibility index (Phi) is 4.49. The van der Waals surface area contributed by atoms with Gasteiger partial charge in [-0.25, -0.2) is 13.6 Å². The molecule has 0 saturated heterocycles. The van der Waals surface area contributed by atoms with Crippen molar-refractivity contribution in [2.75, 3.05) is 5.73 Å². The Bertz CT molecular complexity index is 657. The Balaban J connectivity index is 2.06. The summed E-state index contributed by atoms with van der Waals surface area (Å²) in [5, 5.41) is 8.90. The average molecular weight is 293 g/mol. The van der Waals surface area contributed by atoms with Crippen molar-refractivity contribution in [2.24, 2.45) is 0 Å². The quantitative estimate of drug-likeness (QED) is 0.670. The zero-order valence-corrected chi connectivity index (χ0v) is 11.0. The van der Waals surface area contributed by atoms with Gasteiger partial charge in [0.15, 0.2) is 0 Å². The van der Waals surface area contributed by atoms with Crippen LogP contribution in [0.2, 0.25) is 0 Å². The van der Waals surface area contributed by atoms with Crippen molar-refractivity contribution in [2.45, 2.75) is 13.2 Å². The number of hydrogen-bond acceptors (Lipinski definition) is 4. The largest absolute Gasteiger partial charge is 0.457 e. The molecule has 21 heavy (non-hydrogen) atoms. The third-order valence-corrected chi connectivity index (χ3v) is 2.88. The van der Waals surface area contributed by atoms with Gasteiger partial charge in [-0.2, -0.15) is 0 Å². The molecule has 2 rings (SSSR count). The lowest BCUT2D eigenvalue weighted by Gasteiger charge is -2.07. The summed E-state index contributed by atoms with van der Waals surface area (Å²) in [7, 11) is 0. The maximum Gasteiger partial charge on any atom is 0.341 e. The second-order valence-corrected chi connectivity index (χ2v) is 4.40. The van der Waals surface area contributed by atoms with Gasteiger partial charge >= 0.3 is 5.97 Å². The number of aliphatic hydroxyl groups excluding tert-OH is 1. The van der Waals surface area contributed by atoms with Crippen molar-refractivity contribution in [3.8, 4) is 0 Å². The molecule has 0 aliphatic heterocycles. The van der Waals surface area contributed by atoms with Crippen LogP contribution >= 0.6 is 0 Å². The first-order valence-corrected chi connectivity index (χ1v) is 6.11. The highest BCUT2D eigenvalue weighted by Crippen LogP contribution is 2.18. The molecule has 0 saturated carbocycles. The minimum Gasteiger partial charge on any atom is -0.457 e. The van der Waals surface area contributed by atoms with E-state index in [1.54, 1.807) is 24.3 Å².